The maximum atomic E-state index is 0. The first-order valence-corrected chi connectivity index (χ1v) is 0. The first kappa shape index (κ1) is 31.5. The van der Waals surface area contributed by atoms with Crippen LogP contribution in [0.3, 0.4) is 0 Å². The summed E-state index contributed by atoms with van der Waals surface area (Å²) in [4.78, 5) is 0. The summed E-state index contributed by atoms with van der Waals surface area (Å²) in [6, 6.07) is 0. The SMILES string of the molecule is [Cu].[Mo].[Ni].[SnH2]. The summed E-state index contributed by atoms with van der Waals surface area (Å²) in [6.07, 6.45) is 0. The number of hydrogen-bond acceptors (Lipinski definition) is 0. The van der Waals surface area contributed by atoms with E-state index >= 15 is 0 Å². The molecule has 0 aromatic rings. The Morgan fingerprint density at radius 1 is 1.00 bits per heavy atom. The number of rotatable bonds is 0. The summed E-state index contributed by atoms with van der Waals surface area (Å²) in [5.74, 6) is 0. The van der Waals surface area contributed by atoms with Crippen LogP contribution in [0.25, 0.3) is 0 Å². The average molecular weight is 339 g/mol. The molecule has 0 saturated heterocycles. The molecule has 0 aliphatic carbocycles. The van der Waals surface area contributed by atoms with Crippen molar-refractivity contribution in [3.63, 3.8) is 0 Å². The third-order valence-corrected chi connectivity index (χ3v) is 0. The molecular formula is H2CuMoNiSn. The molecule has 0 atom stereocenters. The van der Waals surface area contributed by atoms with Crippen LogP contribution < -0.4 is 0 Å². The van der Waals surface area contributed by atoms with Crippen molar-refractivity contribution in [2.75, 3.05) is 0 Å². The Morgan fingerprint density at radius 2 is 1.00 bits per heavy atom. The topological polar surface area (TPSA) is 0 Å². The van der Waals surface area contributed by atoms with Crippen LogP contribution >= 0.6 is 0 Å². The molecule has 0 saturated carbocycles. The van der Waals surface area contributed by atoms with Crippen molar-refractivity contribution in [3.05, 3.63) is 0 Å². The van der Waals surface area contributed by atoms with E-state index in [0.717, 1.165) is 0 Å². The van der Waals surface area contributed by atoms with Gasteiger partial charge in [-0.2, -0.15) is 0 Å². The monoisotopic (exact) mass is 341 g/mol. The molecule has 0 aromatic carbocycles. The minimum absolute atomic E-state index is 0. The van der Waals surface area contributed by atoms with Gasteiger partial charge in [0.1, 0.15) is 0 Å². The van der Waals surface area contributed by atoms with Gasteiger partial charge in [0.2, 0.25) is 0 Å². The molecule has 0 heterocycles. The van der Waals surface area contributed by atoms with Gasteiger partial charge in [-0.15, -0.1) is 0 Å². The standard InChI is InChI=1S/Cu.Mo.Ni.Sn.2H. The summed E-state index contributed by atoms with van der Waals surface area (Å²) in [6.45, 7) is 0. The third kappa shape index (κ3) is 8.82. The maximum absolute atomic E-state index is 0. The molecule has 0 amide bonds. The quantitative estimate of drug-likeness (QED) is 0.501. The van der Waals surface area contributed by atoms with Crippen molar-refractivity contribution in [3.8, 4) is 0 Å². The van der Waals surface area contributed by atoms with Gasteiger partial charge in [-0.25, -0.2) is 0 Å². The van der Waals surface area contributed by atoms with Gasteiger partial charge >= 0.3 is 23.9 Å². The Kier molecular flexibility index (Phi) is 140. The predicted octanol–water partition coefficient (Wildman–Crippen LogP) is -0.924. The first-order valence-electron chi connectivity index (χ1n) is 0. The van der Waals surface area contributed by atoms with Gasteiger partial charge in [0, 0.05) is 54.6 Å². The Bertz CT molecular complexity index is 8.00. The zero-order valence-corrected chi connectivity index (χ0v) is 9.71. The van der Waals surface area contributed by atoms with Crippen molar-refractivity contribution >= 4 is 23.9 Å². The van der Waals surface area contributed by atoms with Gasteiger partial charge in [0.15, 0.2) is 0 Å². The molecule has 0 nitrogen and oxygen atoms in total. The first-order chi connectivity index (χ1) is 0. The Hall–Kier alpha value is 2.50. The van der Waals surface area contributed by atoms with E-state index in [1.165, 1.54) is 0 Å². The second-order valence-corrected chi connectivity index (χ2v) is 0. The molecule has 3 radical (unpaired) electrons. The van der Waals surface area contributed by atoms with Crippen molar-refractivity contribution < 1.29 is 54.6 Å². The molecule has 0 unspecified atom stereocenters. The van der Waals surface area contributed by atoms with Crippen LogP contribution in [0.5, 0.6) is 0 Å². The van der Waals surface area contributed by atoms with Crippen LogP contribution in [0.15, 0.2) is 0 Å². The van der Waals surface area contributed by atoms with Gasteiger partial charge in [0.05, 0.1) is 0 Å². The second-order valence-electron chi connectivity index (χ2n) is 0. The van der Waals surface area contributed by atoms with Gasteiger partial charge in [-0.3, -0.25) is 0 Å². The van der Waals surface area contributed by atoms with E-state index in [0.29, 0.717) is 0 Å². The van der Waals surface area contributed by atoms with Crippen molar-refractivity contribution in [2.24, 2.45) is 0 Å². The van der Waals surface area contributed by atoms with Crippen LogP contribution in [0.2, 0.25) is 0 Å². The van der Waals surface area contributed by atoms with Gasteiger partial charge < -0.3 is 0 Å². The molecule has 0 aliphatic rings. The second kappa shape index (κ2) is 17.8. The molecule has 4 heavy (non-hydrogen) atoms. The van der Waals surface area contributed by atoms with E-state index in [1.54, 1.807) is 0 Å². The van der Waals surface area contributed by atoms with Crippen molar-refractivity contribution in [1.82, 2.24) is 0 Å². The van der Waals surface area contributed by atoms with Gasteiger partial charge in [-0.1, -0.05) is 0 Å². The molecule has 0 N–H and O–H groups in total. The van der Waals surface area contributed by atoms with Crippen molar-refractivity contribution in [2.45, 2.75) is 0 Å². The van der Waals surface area contributed by atoms with Crippen LogP contribution in [-0.2, 0) is 54.6 Å². The van der Waals surface area contributed by atoms with E-state index in [4.69, 9.17) is 0 Å². The van der Waals surface area contributed by atoms with Crippen molar-refractivity contribution in [1.29, 1.82) is 0 Å². The van der Waals surface area contributed by atoms with Crippen LogP contribution in [-0.4, -0.2) is 23.9 Å². The Morgan fingerprint density at radius 3 is 1.00 bits per heavy atom. The van der Waals surface area contributed by atoms with Gasteiger partial charge in [-0.05, 0) is 0 Å². The minimum atomic E-state index is 0. The molecule has 0 aliphatic heterocycles. The fourth-order valence-corrected chi connectivity index (χ4v) is 0. The Balaban J connectivity index is 0. The van der Waals surface area contributed by atoms with Crippen LogP contribution in [0.1, 0.15) is 0 Å². The summed E-state index contributed by atoms with van der Waals surface area (Å²) in [5.41, 5.74) is 0. The molecule has 4 heteroatoms. The summed E-state index contributed by atoms with van der Waals surface area (Å²) < 4.78 is 0. The normalized spacial score (nSPS) is 0. The van der Waals surface area contributed by atoms with Crippen LogP contribution in [0, 0.1) is 0 Å². The third-order valence-electron chi connectivity index (χ3n) is 0. The molecule has 0 rings (SSSR count). The molecule has 0 spiro atoms. The summed E-state index contributed by atoms with van der Waals surface area (Å²) >= 11 is 0. The summed E-state index contributed by atoms with van der Waals surface area (Å²) in [5, 5.41) is 0. The van der Waals surface area contributed by atoms with Gasteiger partial charge in [0.25, 0.3) is 0 Å². The van der Waals surface area contributed by atoms with E-state index in [2.05, 4.69) is 0 Å². The van der Waals surface area contributed by atoms with E-state index in [1.807, 2.05) is 0 Å². The average Bonchev–Trinajstić information content (AvgIpc) is 0. The Labute approximate surface area is 77.5 Å². The zero-order valence-electron chi connectivity index (χ0n) is 1.73. The number of hydrogen-bond donors (Lipinski definition) is 0. The van der Waals surface area contributed by atoms with E-state index in [-0.39, 0.29) is 78.5 Å². The fraction of sp³-hybridized carbons (Fsp3) is 0. The fourth-order valence-electron chi connectivity index (χ4n) is 0. The predicted molar refractivity (Wildman–Crippen MR) is 8.54 cm³/mol. The molecular weight excluding hydrogens is 337 g/mol. The molecule has 0 fully saturated rings. The molecule has 0 aromatic heterocycles. The molecule has 0 bridgehead atoms. The van der Waals surface area contributed by atoms with E-state index in [9.17, 15) is 0 Å². The molecule has 33 valence electrons. The van der Waals surface area contributed by atoms with E-state index < -0.39 is 0 Å². The summed E-state index contributed by atoms with van der Waals surface area (Å²) in [7, 11) is 0. The zero-order chi connectivity index (χ0) is 0. The van der Waals surface area contributed by atoms with Crippen LogP contribution in [0.4, 0.5) is 0 Å².